The van der Waals surface area contributed by atoms with Crippen molar-refractivity contribution in [2.75, 3.05) is 19.0 Å². The number of hydrogen-bond acceptors (Lipinski definition) is 6. The number of non-ortho nitro benzene ring substituents is 1. The Hall–Kier alpha value is -2.64. The van der Waals surface area contributed by atoms with Crippen molar-refractivity contribution in [3.8, 4) is 0 Å². The fraction of sp³-hybridized carbons (Fsp3) is 0.556. The summed E-state index contributed by atoms with van der Waals surface area (Å²) in [6.45, 7) is 9.56. The fourth-order valence-corrected chi connectivity index (χ4v) is 3.03. The van der Waals surface area contributed by atoms with Crippen molar-refractivity contribution in [2.24, 2.45) is 5.41 Å². The lowest BCUT2D eigenvalue weighted by atomic mass is 9.82. The highest BCUT2D eigenvalue weighted by molar-refractivity contribution is 5.97. The third kappa shape index (κ3) is 6.70. The van der Waals surface area contributed by atoms with Crippen LogP contribution >= 0.6 is 0 Å². The smallest absolute Gasteiger partial charge is 0.341 e. The van der Waals surface area contributed by atoms with E-state index < -0.39 is 28.9 Å². The third-order valence-electron chi connectivity index (χ3n) is 3.49. The minimum Gasteiger partial charge on any atom is -0.452 e. The molecule has 0 spiro atoms. The summed E-state index contributed by atoms with van der Waals surface area (Å²) < 4.78 is 5.03. The molecule has 1 rings (SSSR count). The minimum atomic E-state index is -0.804. The number of carbonyl (C=O) groups excluding carboxylic acids is 2. The Morgan fingerprint density at radius 2 is 1.81 bits per heavy atom. The number of nitro benzene ring substituents is 1. The van der Waals surface area contributed by atoms with Crippen molar-refractivity contribution in [3.63, 3.8) is 0 Å². The van der Waals surface area contributed by atoms with Gasteiger partial charge in [0.05, 0.1) is 10.5 Å². The standard InChI is InChI=1S/C18H27N3O5/c1-17(2,3)11-18(4,5)20-15(22)10-26-16(23)13-9-12(21(24)25)7-8-14(13)19-6/h7-9,19H,10-11H2,1-6H3,(H,20,22). The number of nitro groups is 1. The number of anilines is 1. The first-order chi connectivity index (χ1) is 11.8. The lowest BCUT2D eigenvalue weighted by Gasteiger charge is -2.33. The van der Waals surface area contributed by atoms with Gasteiger partial charge < -0.3 is 15.4 Å². The maximum absolute atomic E-state index is 12.2. The number of ether oxygens (including phenoxy) is 1. The number of rotatable bonds is 7. The molecule has 1 amide bonds. The normalized spacial score (nSPS) is 11.6. The second-order valence-corrected chi connectivity index (χ2v) is 7.98. The SMILES string of the molecule is CNc1ccc([N+](=O)[O-])cc1C(=O)OCC(=O)NC(C)(C)CC(C)(C)C. The minimum absolute atomic E-state index is 0.00320. The number of nitrogens with zero attached hydrogens (tertiary/aromatic N) is 1. The van der Waals surface area contributed by atoms with Gasteiger partial charge in [-0.3, -0.25) is 14.9 Å². The molecular formula is C18H27N3O5. The molecule has 0 saturated carbocycles. The van der Waals surface area contributed by atoms with Crippen LogP contribution in [-0.4, -0.2) is 36.0 Å². The lowest BCUT2D eigenvalue weighted by Crippen LogP contribution is -2.47. The van der Waals surface area contributed by atoms with E-state index in [0.717, 1.165) is 12.5 Å². The molecule has 144 valence electrons. The number of hydrogen-bond donors (Lipinski definition) is 2. The van der Waals surface area contributed by atoms with Crippen LogP contribution in [0.4, 0.5) is 11.4 Å². The van der Waals surface area contributed by atoms with Crippen LogP contribution in [0.15, 0.2) is 18.2 Å². The summed E-state index contributed by atoms with van der Waals surface area (Å²) in [5, 5.41) is 16.5. The van der Waals surface area contributed by atoms with Crippen LogP contribution in [0.2, 0.25) is 0 Å². The molecule has 0 unspecified atom stereocenters. The van der Waals surface area contributed by atoms with Crippen LogP contribution < -0.4 is 10.6 Å². The van der Waals surface area contributed by atoms with E-state index in [4.69, 9.17) is 4.74 Å². The molecule has 0 aromatic heterocycles. The Kier molecular flexibility index (Phi) is 6.72. The number of amides is 1. The summed E-state index contributed by atoms with van der Waals surface area (Å²) >= 11 is 0. The van der Waals surface area contributed by atoms with Crippen molar-refractivity contribution < 1.29 is 19.2 Å². The van der Waals surface area contributed by atoms with E-state index in [2.05, 4.69) is 31.4 Å². The van der Waals surface area contributed by atoms with E-state index in [-0.39, 0.29) is 16.7 Å². The van der Waals surface area contributed by atoms with Gasteiger partial charge in [0, 0.05) is 30.4 Å². The summed E-state index contributed by atoms with van der Waals surface area (Å²) in [7, 11) is 1.58. The van der Waals surface area contributed by atoms with Crippen molar-refractivity contribution in [1.82, 2.24) is 5.32 Å². The topological polar surface area (TPSA) is 111 Å². The molecule has 0 radical (unpaired) electrons. The molecule has 0 aliphatic heterocycles. The molecule has 0 bridgehead atoms. The molecule has 8 nitrogen and oxygen atoms in total. The highest BCUT2D eigenvalue weighted by Gasteiger charge is 2.27. The van der Waals surface area contributed by atoms with E-state index in [1.807, 2.05) is 13.8 Å². The van der Waals surface area contributed by atoms with Crippen LogP contribution in [0.5, 0.6) is 0 Å². The average molecular weight is 365 g/mol. The Morgan fingerprint density at radius 1 is 1.19 bits per heavy atom. The van der Waals surface area contributed by atoms with Crippen LogP contribution in [0.25, 0.3) is 0 Å². The first-order valence-corrected chi connectivity index (χ1v) is 8.29. The van der Waals surface area contributed by atoms with E-state index in [1.54, 1.807) is 7.05 Å². The zero-order valence-corrected chi connectivity index (χ0v) is 16.1. The first kappa shape index (κ1) is 21.4. The summed E-state index contributed by atoms with van der Waals surface area (Å²) in [5.41, 5.74) is -0.272. The summed E-state index contributed by atoms with van der Waals surface area (Å²) in [6.07, 6.45) is 0.745. The van der Waals surface area contributed by atoms with Crippen LogP contribution in [0, 0.1) is 15.5 Å². The molecule has 26 heavy (non-hydrogen) atoms. The molecule has 0 heterocycles. The molecule has 0 aliphatic rings. The van der Waals surface area contributed by atoms with Crippen LogP contribution in [0.3, 0.4) is 0 Å². The molecule has 1 aromatic carbocycles. The molecule has 0 aliphatic carbocycles. The average Bonchev–Trinajstić information content (AvgIpc) is 2.48. The highest BCUT2D eigenvalue weighted by Crippen LogP contribution is 2.27. The molecular weight excluding hydrogens is 338 g/mol. The van der Waals surface area contributed by atoms with Crippen molar-refractivity contribution in [3.05, 3.63) is 33.9 Å². The molecule has 2 N–H and O–H groups in total. The summed E-state index contributed by atoms with van der Waals surface area (Å²) in [6, 6.07) is 3.82. The van der Waals surface area contributed by atoms with Gasteiger partial charge in [-0.15, -0.1) is 0 Å². The molecule has 1 aromatic rings. The monoisotopic (exact) mass is 365 g/mol. The second kappa shape index (κ2) is 8.16. The molecule has 0 fully saturated rings. The Bertz CT molecular complexity index is 693. The number of nitrogens with one attached hydrogen (secondary N) is 2. The third-order valence-corrected chi connectivity index (χ3v) is 3.49. The highest BCUT2D eigenvalue weighted by atomic mass is 16.6. The maximum atomic E-state index is 12.2. The van der Waals surface area contributed by atoms with Crippen LogP contribution in [0.1, 0.15) is 51.4 Å². The largest absolute Gasteiger partial charge is 0.452 e. The van der Waals surface area contributed by atoms with Gasteiger partial charge in [0.25, 0.3) is 11.6 Å². The van der Waals surface area contributed by atoms with Crippen LogP contribution in [-0.2, 0) is 9.53 Å². The van der Waals surface area contributed by atoms with Gasteiger partial charge in [-0.2, -0.15) is 0 Å². The zero-order chi connectivity index (χ0) is 20.1. The Labute approximate surface area is 153 Å². The number of benzene rings is 1. The zero-order valence-electron chi connectivity index (χ0n) is 16.1. The van der Waals surface area contributed by atoms with Gasteiger partial charge in [-0.05, 0) is 31.7 Å². The van der Waals surface area contributed by atoms with Gasteiger partial charge >= 0.3 is 5.97 Å². The van der Waals surface area contributed by atoms with Crippen molar-refractivity contribution in [2.45, 2.75) is 46.6 Å². The van der Waals surface area contributed by atoms with Crippen molar-refractivity contribution in [1.29, 1.82) is 0 Å². The molecule has 0 saturated heterocycles. The number of carbonyl (C=O) groups is 2. The molecule has 8 heteroatoms. The second-order valence-electron chi connectivity index (χ2n) is 7.98. The Balaban J connectivity index is 2.76. The Morgan fingerprint density at radius 3 is 2.31 bits per heavy atom. The maximum Gasteiger partial charge on any atom is 0.341 e. The summed E-state index contributed by atoms with van der Waals surface area (Å²) in [4.78, 5) is 34.6. The molecule has 0 atom stereocenters. The summed E-state index contributed by atoms with van der Waals surface area (Å²) in [5.74, 6) is -1.23. The van der Waals surface area contributed by atoms with E-state index >= 15 is 0 Å². The van der Waals surface area contributed by atoms with Gasteiger partial charge in [0.15, 0.2) is 6.61 Å². The fourth-order valence-electron chi connectivity index (χ4n) is 3.03. The number of esters is 1. The van der Waals surface area contributed by atoms with Gasteiger partial charge in [-0.1, -0.05) is 20.8 Å². The van der Waals surface area contributed by atoms with Gasteiger partial charge in [0.2, 0.25) is 0 Å². The van der Waals surface area contributed by atoms with E-state index in [1.165, 1.54) is 12.1 Å². The quantitative estimate of drug-likeness (QED) is 0.436. The van der Waals surface area contributed by atoms with E-state index in [9.17, 15) is 19.7 Å². The lowest BCUT2D eigenvalue weighted by molar-refractivity contribution is -0.384. The predicted octanol–water partition coefficient (Wildman–Crippen LogP) is 3.12. The van der Waals surface area contributed by atoms with Gasteiger partial charge in [-0.25, -0.2) is 4.79 Å². The van der Waals surface area contributed by atoms with Gasteiger partial charge in [0.1, 0.15) is 0 Å². The predicted molar refractivity (Wildman–Crippen MR) is 99.2 cm³/mol. The first-order valence-electron chi connectivity index (χ1n) is 8.29. The van der Waals surface area contributed by atoms with Crippen molar-refractivity contribution >= 4 is 23.3 Å². The van der Waals surface area contributed by atoms with E-state index in [0.29, 0.717) is 5.69 Å².